The first-order valence-electron chi connectivity index (χ1n) is 15.7. The van der Waals surface area contributed by atoms with Gasteiger partial charge >= 0.3 is 5.97 Å². The summed E-state index contributed by atoms with van der Waals surface area (Å²) in [6, 6.07) is 6.63. The van der Waals surface area contributed by atoms with Crippen LogP contribution in [0.2, 0.25) is 0 Å². The molecule has 11 nitrogen and oxygen atoms in total. The Bertz CT molecular complexity index is 1110. The molecule has 1 aromatic rings. The predicted molar refractivity (Wildman–Crippen MR) is 169 cm³/mol. The number of nitrogens with zero attached hydrogens (tertiary/aromatic N) is 3. The minimum atomic E-state index is -1.40. The standard InChI is InChI=1S/C33H53N5O6/c1-23(2)20-44-29(40)19-27(31(42)38-16-12-9-13-17-38)35-21-33(22-39,24(3)4)37(7)32(43)28(36(6)30(41)25(5)34)18-26-14-10-8-11-15-26/h8,10-11,14-15,22-25,27-28,35H,9,12-13,16-21,34H2,1-7H3/t25-,27-,28-,33+/m0/s1. The predicted octanol–water partition coefficient (Wildman–Crippen LogP) is 2.02. The van der Waals surface area contributed by atoms with Gasteiger partial charge in [0, 0.05) is 40.2 Å². The van der Waals surface area contributed by atoms with Crippen molar-refractivity contribution in [2.24, 2.45) is 17.6 Å². The van der Waals surface area contributed by atoms with Gasteiger partial charge in [0.05, 0.1) is 25.1 Å². The molecule has 11 heteroatoms. The van der Waals surface area contributed by atoms with Crippen LogP contribution in [0.3, 0.4) is 0 Å². The third kappa shape index (κ3) is 9.85. The Kier molecular flexibility index (Phi) is 14.5. The zero-order chi connectivity index (χ0) is 33.0. The number of amides is 3. The number of nitrogens with two attached hydrogens (primary N) is 1. The van der Waals surface area contributed by atoms with Crippen LogP contribution < -0.4 is 11.1 Å². The quantitative estimate of drug-likeness (QED) is 0.213. The average Bonchev–Trinajstić information content (AvgIpc) is 3.01. The fourth-order valence-corrected chi connectivity index (χ4v) is 5.45. The highest BCUT2D eigenvalue weighted by molar-refractivity contribution is 5.92. The van der Waals surface area contributed by atoms with Gasteiger partial charge in [0.25, 0.3) is 0 Å². The summed E-state index contributed by atoms with van der Waals surface area (Å²) in [5.41, 5.74) is 5.34. The molecule has 0 bridgehead atoms. The number of hydrogen-bond donors (Lipinski definition) is 2. The summed E-state index contributed by atoms with van der Waals surface area (Å²) >= 11 is 0. The van der Waals surface area contributed by atoms with Crippen LogP contribution in [0.5, 0.6) is 0 Å². The largest absolute Gasteiger partial charge is 0.465 e. The molecule has 4 atom stereocenters. The van der Waals surface area contributed by atoms with E-state index >= 15 is 0 Å². The zero-order valence-electron chi connectivity index (χ0n) is 27.6. The summed E-state index contributed by atoms with van der Waals surface area (Å²) in [6.45, 7) is 10.4. The Hall–Kier alpha value is -3.31. The van der Waals surface area contributed by atoms with Crippen molar-refractivity contribution in [3.05, 3.63) is 35.9 Å². The molecule has 0 radical (unpaired) electrons. The van der Waals surface area contributed by atoms with Gasteiger partial charge in [-0.05, 0) is 43.6 Å². The molecule has 1 aliphatic heterocycles. The maximum Gasteiger partial charge on any atom is 0.307 e. The number of hydrogen-bond acceptors (Lipinski definition) is 8. The van der Waals surface area contributed by atoms with Crippen molar-refractivity contribution in [1.82, 2.24) is 20.0 Å². The number of likely N-dealkylation sites (tertiary alicyclic amines) is 1. The van der Waals surface area contributed by atoms with Crippen molar-refractivity contribution in [2.75, 3.05) is 40.3 Å². The van der Waals surface area contributed by atoms with E-state index in [4.69, 9.17) is 10.5 Å². The summed E-state index contributed by atoms with van der Waals surface area (Å²) in [4.78, 5) is 71.0. The van der Waals surface area contributed by atoms with Gasteiger partial charge in [-0.25, -0.2) is 0 Å². The summed E-state index contributed by atoms with van der Waals surface area (Å²) < 4.78 is 5.39. The Labute approximate surface area is 262 Å². The number of carbonyl (C=O) groups excluding carboxylic acids is 5. The third-order valence-electron chi connectivity index (χ3n) is 8.47. The average molecular weight is 616 g/mol. The number of esters is 1. The SMILES string of the molecule is CC(C)COC(=O)C[C@H](NC[C@@](C=O)(C(C)C)N(C)C(=O)[C@H](Cc1ccccc1)N(C)C(=O)[C@H](C)N)C(=O)N1CCCCC1. The maximum absolute atomic E-state index is 14.2. The molecule has 1 saturated heterocycles. The molecule has 2 rings (SSSR count). The van der Waals surface area contributed by atoms with E-state index in [0.717, 1.165) is 31.1 Å². The molecule has 0 saturated carbocycles. The van der Waals surface area contributed by atoms with Crippen molar-refractivity contribution in [1.29, 1.82) is 0 Å². The van der Waals surface area contributed by atoms with E-state index in [9.17, 15) is 24.0 Å². The smallest absolute Gasteiger partial charge is 0.307 e. The van der Waals surface area contributed by atoms with Crippen molar-refractivity contribution in [3.8, 4) is 0 Å². The van der Waals surface area contributed by atoms with Crippen LogP contribution in [0.1, 0.15) is 65.9 Å². The van der Waals surface area contributed by atoms with E-state index in [1.165, 1.54) is 16.8 Å². The molecule has 3 N–H and O–H groups in total. The molecule has 0 aliphatic carbocycles. The first-order chi connectivity index (χ1) is 20.7. The fourth-order valence-electron chi connectivity index (χ4n) is 5.45. The second-order valence-corrected chi connectivity index (χ2v) is 12.7. The third-order valence-corrected chi connectivity index (χ3v) is 8.47. The molecule has 1 fully saturated rings. The van der Waals surface area contributed by atoms with E-state index in [1.807, 2.05) is 58.0 Å². The Morgan fingerprint density at radius 2 is 1.61 bits per heavy atom. The molecule has 1 aliphatic rings. The highest BCUT2D eigenvalue weighted by Gasteiger charge is 2.45. The Morgan fingerprint density at radius 3 is 2.14 bits per heavy atom. The first kappa shape index (κ1) is 36.9. The lowest BCUT2D eigenvalue weighted by Gasteiger charge is -2.44. The van der Waals surface area contributed by atoms with Gasteiger partial charge in [-0.3, -0.25) is 19.2 Å². The minimum Gasteiger partial charge on any atom is -0.465 e. The van der Waals surface area contributed by atoms with Gasteiger partial charge in [0.1, 0.15) is 17.9 Å². The van der Waals surface area contributed by atoms with E-state index in [-0.39, 0.29) is 43.7 Å². The summed E-state index contributed by atoms with van der Waals surface area (Å²) in [7, 11) is 3.08. The lowest BCUT2D eigenvalue weighted by atomic mass is 9.84. The van der Waals surface area contributed by atoms with Crippen LogP contribution in [0.4, 0.5) is 0 Å². The monoisotopic (exact) mass is 615 g/mol. The summed E-state index contributed by atoms with van der Waals surface area (Å²) in [6.07, 6.45) is 3.54. The maximum atomic E-state index is 14.2. The van der Waals surface area contributed by atoms with Crippen molar-refractivity contribution < 1.29 is 28.7 Å². The molecule has 1 aromatic carbocycles. The number of nitrogens with one attached hydrogen (secondary N) is 1. The second kappa shape index (κ2) is 17.2. The van der Waals surface area contributed by atoms with Crippen molar-refractivity contribution in [3.63, 3.8) is 0 Å². The normalized spacial score (nSPS) is 16.9. The van der Waals surface area contributed by atoms with Gasteiger partial charge in [-0.2, -0.15) is 0 Å². The first-order valence-corrected chi connectivity index (χ1v) is 15.7. The molecule has 246 valence electrons. The van der Waals surface area contributed by atoms with Crippen LogP contribution in [0, 0.1) is 11.8 Å². The number of rotatable bonds is 16. The number of carbonyl (C=O) groups is 5. The molecule has 44 heavy (non-hydrogen) atoms. The molecule has 1 heterocycles. The van der Waals surface area contributed by atoms with Crippen LogP contribution in [-0.4, -0.2) is 109 Å². The van der Waals surface area contributed by atoms with Gasteiger partial charge in [0.2, 0.25) is 17.7 Å². The van der Waals surface area contributed by atoms with Crippen LogP contribution in [0.15, 0.2) is 30.3 Å². The zero-order valence-corrected chi connectivity index (χ0v) is 27.6. The fraction of sp³-hybridized carbons (Fsp3) is 0.667. The number of aldehydes is 1. The van der Waals surface area contributed by atoms with Gasteiger partial charge in [0.15, 0.2) is 0 Å². The molecule has 0 spiro atoms. The topological polar surface area (TPSA) is 142 Å². The lowest BCUT2D eigenvalue weighted by molar-refractivity contribution is -0.152. The lowest BCUT2D eigenvalue weighted by Crippen LogP contribution is -2.65. The van der Waals surface area contributed by atoms with Gasteiger partial charge in [-0.15, -0.1) is 0 Å². The van der Waals surface area contributed by atoms with E-state index in [0.29, 0.717) is 13.1 Å². The Balaban J connectivity index is 2.40. The number of benzene rings is 1. The molecule has 0 aromatic heterocycles. The highest BCUT2D eigenvalue weighted by atomic mass is 16.5. The molecular formula is C33H53N5O6. The molecule has 0 unspecified atom stereocenters. The van der Waals surface area contributed by atoms with E-state index in [1.54, 1.807) is 18.9 Å². The van der Waals surface area contributed by atoms with Gasteiger partial charge < -0.3 is 35.3 Å². The van der Waals surface area contributed by atoms with Gasteiger partial charge in [-0.1, -0.05) is 58.0 Å². The van der Waals surface area contributed by atoms with Crippen LogP contribution >= 0.6 is 0 Å². The van der Waals surface area contributed by atoms with Crippen LogP contribution in [0.25, 0.3) is 0 Å². The van der Waals surface area contributed by atoms with Crippen molar-refractivity contribution >= 4 is 30.0 Å². The van der Waals surface area contributed by atoms with Crippen LogP contribution in [-0.2, 0) is 35.1 Å². The second-order valence-electron chi connectivity index (χ2n) is 12.7. The molecule has 3 amide bonds. The van der Waals surface area contributed by atoms with E-state index in [2.05, 4.69) is 5.32 Å². The number of ether oxygens (including phenoxy) is 1. The summed E-state index contributed by atoms with van der Waals surface area (Å²) in [5, 5.41) is 3.19. The van der Waals surface area contributed by atoms with E-state index < -0.39 is 41.4 Å². The Morgan fingerprint density at radius 1 is 1.00 bits per heavy atom. The number of piperidine rings is 1. The number of likely N-dealkylation sites (N-methyl/N-ethyl adjacent to an activating group) is 2. The molecular weight excluding hydrogens is 562 g/mol. The highest BCUT2D eigenvalue weighted by Crippen LogP contribution is 2.25. The summed E-state index contributed by atoms with van der Waals surface area (Å²) in [5.74, 6) is -1.82. The van der Waals surface area contributed by atoms with Crippen molar-refractivity contribution in [2.45, 2.75) is 90.4 Å². The minimum absolute atomic E-state index is 0.0822.